The molecule has 1 unspecified atom stereocenters. The molecule has 0 aromatic heterocycles. The predicted molar refractivity (Wildman–Crippen MR) is 59.6 cm³/mol. The summed E-state index contributed by atoms with van der Waals surface area (Å²) in [4.78, 5) is 11.6. The third-order valence-corrected chi connectivity index (χ3v) is 2.01. The Morgan fingerprint density at radius 3 is 2.87 bits per heavy atom. The van der Waals surface area contributed by atoms with E-state index in [2.05, 4.69) is 5.32 Å². The van der Waals surface area contributed by atoms with Crippen molar-refractivity contribution in [2.45, 2.75) is 20.0 Å². The maximum atomic E-state index is 11.6. The second-order valence-corrected chi connectivity index (χ2v) is 3.65. The summed E-state index contributed by atoms with van der Waals surface area (Å²) in [5, 5.41) is 11.6. The minimum atomic E-state index is -0.556. The van der Waals surface area contributed by atoms with Crippen molar-refractivity contribution in [2.24, 2.45) is 0 Å². The van der Waals surface area contributed by atoms with E-state index < -0.39 is 6.10 Å². The molecule has 0 saturated heterocycles. The summed E-state index contributed by atoms with van der Waals surface area (Å²) in [6, 6.07) is 5.28. The topological polar surface area (TPSA) is 75.4 Å². The number of nitrogen functional groups attached to an aromatic ring is 1. The van der Waals surface area contributed by atoms with Crippen LogP contribution in [-0.4, -0.2) is 23.7 Å². The Balaban J connectivity index is 2.77. The second-order valence-electron chi connectivity index (χ2n) is 3.65. The minimum Gasteiger partial charge on any atom is -0.398 e. The molecule has 4 nitrogen and oxygen atoms in total. The third kappa shape index (κ3) is 3.25. The van der Waals surface area contributed by atoms with Crippen LogP contribution in [0.2, 0.25) is 0 Å². The average molecular weight is 208 g/mol. The van der Waals surface area contributed by atoms with Gasteiger partial charge in [0.25, 0.3) is 5.91 Å². The van der Waals surface area contributed by atoms with E-state index in [1.165, 1.54) is 0 Å². The number of aryl methyl sites for hydroxylation is 1. The molecule has 4 heteroatoms. The predicted octanol–water partition coefficient (Wildman–Crippen LogP) is 0.688. The molecule has 1 aromatic rings. The van der Waals surface area contributed by atoms with Gasteiger partial charge in [-0.3, -0.25) is 4.79 Å². The van der Waals surface area contributed by atoms with Crippen LogP contribution in [0.25, 0.3) is 0 Å². The van der Waals surface area contributed by atoms with Crippen molar-refractivity contribution in [3.05, 3.63) is 29.3 Å². The van der Waals surface area contributed by atoms with Crippen LogP contribution in [0.5, 0.6) is 0 Å². The number of carbonyl (C=O) groups excluding carboxylic acids is 1. The molecule has 0 aliphatic heterocycles. The summed E-state index contributed by atoms with van der Waals surface area (Å²) >= 11 is 0. The number of carbonyl (C=O) groups is 1. The molecule has 1 amide bonds. The van der Waals surface area contributed by atoms with Crippen molar-refractivity contribution in [1.29, 1.82) is 0 Å². The van der Waals surface area contributed by atoms with Gasteiger partial charge in [-0.05, 0) is 26.0 Å². The van der Waals surface area contributed by atoms with E-state index in [1.54, 1.807) is 19.1 Å². The first-order chi connectivity index (χ1) is 7.00. The Labute approximate surface area is 89.1 Å². The Hall–Kier alpha value is -1.55. The fraction of sp³-hybridized carbons (Fsp3) is 0.364. The van der Waals surface area contributed by atoms with Gasteiger partial charge in [-0.1, -0.05) is 11.6 Å². The number of nitrogens with one attached hydrogen (secondary N) is 1. The summed E-state index contributed by atoms with van der Waals surface area (Å²) in [7, 11) is 0. The van der Waals surface area contributed by atoms with Crippen molar-refractivity contribution < 1.29 is 9.90 Å². The first-order valence-corrected chi connectivity index (χ1v) is 4.83. The van der Waals surface area contributed by atoms with Crippen LogP contribution < -0.4 is 11.1 Å². The molecule has 0 fully saturated rings. The van der Waals surface area contributed by atoms with Crippen molar-refractivity contribution in [1.82, 2.24) is 5.32 Å². The van der Waals surface area contributed by atoms with Crippen LogP contribution in [0.1, 0.15) is 22.8 Å². The van der Waals surface area contributed by atoms with Gasteiger partial charge >= 0.3 is 0 Å². The first-order valence-electron chi connectivity index (χ1n) is 4.83. The maximum Gasteiger partial charge on any atom is 0.253 e. The number of hydrogen-bond acceptors (Lipinski definition) is 3. The van der Waals surface area contributed by atoms with Crippen molar-refractivity contribution in [3.63, 3.8) is 0 Å². The Kier molecular flexibility index (Phi) is 3.68. The highest BCUT2D eigenvalue weighted by atomic mass is 16.3. The van der Waals surface area contributed by atoms with E-state index in [0.717, 1.165) is 5.56 Å². The normalized spacial score (nSPS) is 12.2. The number of anilines is 1. The third-order valence-electron chi connectivity index (χ3n) is 2.01. The molecule has 1 aromatic carbocycles. The van der Waals surface area contributed by atoms with Gasteiger partial charge in [0.1, 0.15) is 0 Å². The molecular formula is C11H16N2O2. The number of rotatable bonds is 3. The molecule has 0 heterocycles. The number of aliphatic hydroxyl groups excluding tert-OH is 1. The molecule has 0 aliphatic rings. The summed E-state index contributed by atoms with van der Waals surface area (Å²) in [6.07, 6.45) is -0.556. The molecule has 15 heavy (non-hydrogen) atoms. The number of aliphatic hydroxyl groups is 1. The highest BCUT2D eigenvalue weighted by Gasteiger charge is 2.09. The first kappa shape index (κ1) is 11.5. The Morgan fingerprint density at radius 1 is 1.60 bits per heavy atom. The molecule has 0 radical (unpaired) electrons. The fourth-order valence-electron chi connectivity index (χ4n) is 1.20. The van der Waals surface area contributed by atoms with Gasteiger partial charge in [-0.25, -0.2) is 0 Å². The van der Waals surface area contributed by atoms with E-state index in [4.69, 9.17) is 10.8 Å². The number of benzene rings is 1. The van der Waals surface area contributed by atoms with Crippen molar-refractivity contribution in [3.8, 4) is 0 Å². The lowest BCUT2D eigenvalue weighted by molar-refractivity contribution is 0.0925. The van der Waals surface area contributed by atoms with E-state index >= 15 is 0 Å². The summed E-state index contributed by atoms with van der Waals surface area (Å²) in [5.74, 6) is -0.253. The van der Waals surface area contributed by atoms with Crippen LogP contribution in [0, 0.1) is 6.92 Å². The molecule has 0 spiro atoms. The molecule has 4 N–H and O–H groups in total. The second kappa shape index (κ2) is 4.79. The maximum absolute atomic E-state index is 11.6. The van der Waals surface area contributed by atoms with Crippen LogP contribution in [-0.2, 0) is 0 Å². The summed E-state index contributed by atoms with van der Waals surface area (Å²) in [5.41, 5.74) is 7.55. The van der Waals surface area contributed by atoms with E-state index in [9.17, 15) is 4.79 Å². The zero-order valence-corrected chi connectivity index (χ0v) is 8.95. The summed E-state index contributed by atoms with van der Waals surface area (Å²) < 4.78 is 0. The van der Waals surface area contributed by atoms with Gasteiger partial charge in [0.2, 0.25) is 0 Å². The van der Waals surface area contributed by atoms with Gasteiger partial charge in [-0.2, -0.15) is 0 Å². The van der Waals surface area contributed by atoms with E-state index in [0.29, 0.717) is 11.3 Å². The largest absolute Gasteiger partial charge is 0.398 e. The SMILES string of the molecule is Cc1ccc(N)c(C(=O)NCC(C)O)c1. The minimum absolute atomic E-state index is 0.228. The standard InChI is InChI=1S/C11H16N2O2/c1-7-3-4-10(12)9(5-7)11(15)13-6-8(2)14/h3-5,8,14H,6,12H2,1-2H3,(H,13,15). The van der Waals surface area contributed by atoms with Gasteiger partial charge in [-0.15, -0.1) is 0 Å². The molecular weight excluding hydrogens is 192 g/mol. The van der Waals surface area contributed by atoms with Crippen LogP contribution in [0.4, 0.5) is 5.69 Å². The average Bonchev–Trinajstić information content (AvgIpc) is 2.18. The zero-order valence-electron chi connectivity index (χ0n) is 8.95. The van der Waals surface area contributed by atoms with Crippen molar-refractivity contribution >= 4 is 11.6 Å². The Morgan fingerprint density at radius 2 is 2.27 bits per heavy atom. The smallest absolute Gasteiger partial charge is 0.253 e. The van der Waals surface area contributed by atoms with Gasteiger partial charge in [0.05, 0.1) is 11.7 Å². The molecule has 0 bridgehead atoms. The lowest BCUT2D eigenvalue weighted by Gasteiger charge is -2.09. The van der Waals surface area contributed by atoms with Crippen LogP contribution >= 0.6 is 0 Å². The Bertz CT molecular complexity index is 362. The van der Waals surface area contributed by atoms with Gasteiger partial charge in [0, 0.05) is 12.2 Å². The monoisotopic (exact) mass is 208 g/mol. The van der Waals surface area contributed by atoms with Crippen LogP contribution in [0.3, 0.4) is 0 Å². The highest BCUT2D eigenvalue weighted by Crippen LogP contribution is 2.13. The summed E-state index contributed by atoms with van der Waals surface area (Å²) in [6.45, 7) is 3.73. The molecule has 1 rings (SSSR count). The quantitative estimate of drug-likeness (QED) is 0.640. The zero-order chi connectivity index (χ0) is 11.4. The van der Waals surface area contributed by atoms with E-state index in [1.807, 2.05) is 13.0 Å². The molecule has 1 atom stereocenters. The number of nitrogens with two attached hydrogens (primary N) is 1. The lowest BCUT2D eigenvalue weighted by Crippen LogP contribution is -2.31. The van der Waals surface area contributed by atoms with Gasteiger partial charge in [0.15, 0.2) is 0 Å². The molecule has 82 valence electrons. The number of amides is 1. The highest BCUT2D eigenvalue weighted by molar-refractivity contribution is 5.99. The van der Waals surface area contributed by atoms with Gasteiger partial charge < -0.3 is 16.2 Å². The lowest BCUT2D eigenvalue weighted by atomic mass is 10.1. The van der Waals surface area contributed by atoms with Crippen molar-refractivity contribution in [2.75, 3.05) is 12.3 Å². The fourth-order valence-corrected chi connectivity index (χ4v) is 1.20. The van der Waals surface area contributed by atoms with Crippen LogP contribution in [0.15, 0.2) is 18.2 Å². The molecule has 0 saturated carbocycles. The number of hydrogen-bond donors (Lipinski definition) is 3. The molecule has 0 aliphatic carbocycles. The van der Waals surface area contributed by atoms with E-state index in [-0.39, 0.29) is 12.5 Å².